The molecule has 32 heavy (non-hydrogen) atoms. The lowest BCUT2D eigenvalue weighted by atomic mass is 10.1. The number of aryl methyl sites for hydroxylation is 1. The quantitative estimate of drug-likeness (QED) is 0.345. The van der Waals surface area contributed by atoms with Crippen molar-refractivity contribution in [3.8, 4) is 5.75 Å². The standard InChI is InChI=1S/C27H28N2O3/c1-3-4-18-32-24-16-12-22(13-17-24)26(30)29-25(19-21-8-6-5-7-9-21)27(31)28-23-14-10-20(2)11-15-23/h5-17,19H,3-4,18H2,1-2H3,(H,28,31)(H,29,30)/b25-19+. The third kappa shape index (κ3) is 6.84. The van der Waals surface area contributed by atoms with Crippen LogP contribution < -0.4 is 15.4 Å². The number of amides is 2. The van der Waals surface area contributed by atoms with Crippen LogP contribution in [0.2, 0.25) is 0 Å². The fraction of sp³-hybridized carbons (Fsp3) is 0.185. The number of unbranched alkanes of at least 4 members (excludes halogenated alkanes) is 1. The summed E-state index contributed by atoms with van der Waals surface area (Å²) in [7, 11) is 0. The summed E-state index contributed by atoms with van der Waals surface area (Å²) < 4.78 is 5.65. The van der Waals surface area contributed by atoms with Gasteiger partial charge in [0.15, 0.2) is 0 Å². The Kier molecular flexibility index (Phi) is 8.21. The van der Waals surface area contributed by atoms with E-state index in [2.05, 4.69) is 17.6 Å². The summed E-state index contributed by atoms with van der Waals surface area (Å²) in [5.74, 6) is -0.0518. The van der Waals surface area contributed by atoms with E-state index in [1.165, 1.54) is 0 Å². The second kappa shape index (κ2) is 11.5. The molecule has 0 saturated carbocycles. The number of benzene rings is 3. The Balaban J connectivity index is 1.76. The molecule has 0 aromatic heterocycles. The maximum absolute atomic E-state index is 13.0. The number of nitrogens with one attached hydrogen (secondary N) is 2. The van der Waals surface area contributed by atoms with Crippen molar-refractivity contribution in [2.75, 3.05) is 11.9 Å². The van der Waals surface area contributed by atoms with Crippen LogP contribution in [0.5, 0.6) is 5.75 Å². The summed E-state index contributed by atoms with van der Waals surface area (Å²) in [6, 6.07) is 23.8. The van der Waals surface area contributed by atoms with Gasteiger partial charge in [-0.2, -0.15) is 0 Å². The highest BCUT2D eigenvalue weighted by molar-refractivity contribution is 6.10. The van der Waals surface area contributed by atoms with Crippen LogP contribution in [-0.2, 0) is 4.79 Å². The number of hydrogen-bond acceptors (Lipinski definition) is 3. The first kappa shape index (κ1) is 22.8. The molecule has 3 rings (SSSR count). The van der Waals surface area contributed by atoms with Crippen molar-refractivity contribution in [3.05, 3.63) is 101 Å². The molecule has 0 aliphatic rings. The van der Waals surface area contributed by atoms with Gasteiger partial charge < -0.3 is 15.4 Å². The summed E-state index contributed by atoms with van der Waals surface area (Å²) in [6.45, 7) is 4.73. The minimum absolute atomic E-state index is 0.157. The Bertz CT molecular complexity index is 1060. The van der Waals surface area contributed by atoms with Crippen molar-refractivity contribution >= 4 is 23.6 Å². The van der Waals surface area contributed by atoms with Crippen LogP contribution in [0.3, 0.4) is 0 Å². The largest absolute Gasteiger partial charge is 0.494 e. The van der Waals surface area contributed by atoms with Crippen LogP contribution in [0.25, 0.3) is 6.08 Å². The van der Waals surface area contributed by atoms with Crippen LogP contribution in [0.1, 0.15) is 41.3 Å². The van der Waals surface area contributed by atoms with Crippen molar-refractivity contribution in [2.24, 2.45) is 0 Å². The normalized spacial score (nSPS) is 11.0. The fourth-order valence-corrected chi connectivity index (χ4v) is 2.94. The van der Waals surface area contributed by atoms with Gasteiger partial charge in [0.05, 0.1) is 6.61 Å². The predicted octanol–water partition coefficient (Wildman–Crippen LogP) is 5.58. The number of anilines is 1. The fourth-order valence-electron chi connectivity index (χ4n) is 2.94. The Labute approximate surface area is 189 Å². The highest BCUT2D eigenvalue weighted by Gasteiger charge is 2.15. The smallest absolute Gasteiger partial charge is 0.272 e. The lowest BCUT2D eigenvalue weighted by molar-refractivity contribution is -0.113. The van der Waals surface area contributed by atoms with Gasteiger partial charge in [0.1, 0.15) is 11.4 Å². The summed E-state index contributed by atoms with van der Waals surface area (Å²) in [5.41, 5.74) is 3.15. The van der Waals surface area contributed by atoms with E-state index < -0.39 is 5.91 Å². The van der Waals surface area contributed by atoms with Gasteiger partial charge in [-0.15, -0.1) is 0 Å². The van der Waals surface area contributed by atoms with Crippen molar-refractivity contribution in [1.29, 1.82) is 0 Å². The van der Waals surface area contributed by atoms with Crippen molar-refractivity contribution in [3.63, 3.8) is 0 Å². The highest BCUT2D eigenvalue weighted by Crippen LogP contribution is 2.15. The zero-order valence-electron chi connectivity index (χ0n) is 18.4. The monoisotopic (exact) mass is 428 g/mol. The molecular formula is C27H28N2O3. The Morgan fingerprint density at radius 1 is 0.906 bits per heavy atom. The summed E-state index contributed by atoms with van der Waals surface area (Å²) >= 11 is 0. The third-order valence-electron chi connectivity index (χ3n) is 4.80. The van der Waals surface area contributed by atoms with Crippen LogP contribution in [0.4, 0.5) is 5.69 Å². The molecule has 0 radical (unpaired) electrons. The first-order valence-corrected chi connectivity index (χ1v) is 10.7. The molecule has 164 valence electrons. The molecule has 0 heterocycles. The van der Waals surface area contributed by atoms with E-state index >= 15 is 0 Å². The zero-order chi connectivity index (χ0) is 22.8. The topological polar surface area (TPSA) is 67.4 Å². The molecule has 0 saturated heterocycles. The molecule has 0 fully saturated rings. The second-order valence-corrected chi connectivity index (χ2v) is 7.47. The maximum atomic E-state index is 13.0. The van der Waals surface area contributed by atoms with E-state index in [-0.39, 0.29) is 11.6 Å². The van der Waals surface area contributed by atoms with Crippen LogP contribution in [0, 0.1) is 6.92 Å². The van der Waals surface area contributed by atoms with E-state index in [9.17, 15) is 9.59 Å². The molecule has 2 amide bonds. The lowest BCUT2D eigenvalue weighted by Crippen LogP contribution is -2.30. The highest BCUT2D eigenvalue weighted by atomic mass is 16.5. The second-order valence-electron chi connectivity index (χ2n) is 7.47. The molecule has 0 spiro atoms. The van der Waals surface area contributed by atoms with Gasteiger partial charge >= 0.3 is 0 Å². The Morgan fingerprint density at radius 3 is 2.25 bits per heavy atom. The van der Waals surface area contributed by atoms with E-state index in [0.717, 1.165) is 24.0 Å². The SMILES string of the molecule is CCCCOc1ccc(C(=O)N/C(=C/c2ccccc2)C(=O)Nc2ccc(C)cc2)cc1. The van der Waals surface area contributed by atoms with Gasteiger partial charge in [0, 0.05) is 11.3 Å². The predicted molar refractivity (Wildman–Crippen MR) is 129 cm³/mol. The molecule has 0 aliphatic heterocycles. The Morgan fingerprint density at radius 2 is 1.59 bits per heavy atom. The molecule has 0 atom stereocenters. The van der Waals surface area contributed by atoms with Gasteiger partial charge in [-0.05, 0) is 61.4 Å². The third-order valence-corrected chi connectivity index (χ3v) is 4.80. The summed E-state index contributed by atoms with van der Waals surface area (Å²) in [5, 5.41) is 5.60. The first-order valence-electron chi connectivity index (χ1n) is 10.7. The van der Waals surface area contributed by atoms with Crippen molar-refractivity contribution in [2.45, 2.75) is 26.7 Å². The molecular weight excluding hydrogens is 400 g/mol. The van der Waals surface area contributed by atoms with Crippen LogP contribution >= 0.6 is 0 Å². The molecule has 3 aromatic rings. The van der Waals surface area contributed by atoms with Gasteiger partial charge in [0.2, 0.25) is 0 Å². The van der Waals surface area contributed by atoms with Gasteiger partial charge in [-0.3, -0.25) is 9.59 Å². The molecule has 5 heteroatoms. The molecule has 0 unspecified atom stereocenters. The van der Waals surface area contributed by atoms with E-state index in [4.69, 9.17) is 4.74 Å². The zero-order valence-corrected chi connectivity index (χ0v) is 18.4. The number of rotatable bonds is 9. The number of ether oxygens (including phenoxy) is 1. The maximum Gasteiger partial charge on any atom is 0.272 e. The molecule has 0 bridgehead atoms. The van der Waals surface area contributed by atoms with Crippen molar-refractivity contribution in [1.82, 2.24) is 5.32 Å². The minimum atomic E-state index is -0.398. The van der Waals surface area contributed by atoms with E-state index in [1.54, 1.807) is 30.3 Å². The number of carbonyl (C=O) groups excluding carboxylic acids is 2. The summed E-state index contributed by atoms with van der Waals surface area (Å²) in [4.78, 5) is 25.8. The average Bonchev–Trinajstić information content (AvgIpc) is 2.81. The van der Waals surface area contributed by atoms with Crippen LogP contribution in [0.15, 0.2) is 84.6 Å². The lowest BCUT2D eigenvalue weighted by Gasteiger charge is -2.12. The van der Waals surface area contributed by atoms with E-state index in [0.29, 0.717) is 23.6 Å². The van der Waals surface area contributed by atoms with Crippen molar-refractivity contribution < 1.29 is 14.3 Å². The first-order chi connectivity index (χ1) is 15.5. The molecule has 3 aromatic carbocycles. The van der Waals surface area contributed by atoms with Crippen LogP contribution in [-0.4, -0.2) is 18.4 Å². The average molecular weight is 429 g/mol. The Hall–Kier alpha value is -3.86. The molecule has 5 nitrogen and oxygen atoms in total. The molecule has 2 N–H and O–H groups in total. The molecule has 0 aliphatic carbocycles. The van der Waals surface area contributed by atoms with Gasteiger partial charge in [0.25, 0.3) is 11.8 Å². The minimum Gasteiger partial charge on any atom is -0.494 e. The van der Waals surface area contributed by atoms with Gasteiger partial charge in [-0.1, -0.05) is 61.4 Å². The number of hydrogen-bond donors (Lipinski definition) is 2. The summed E-state index contributed by atoms with van der Waals surface area (Å²) in [6.07, 6.45) is 3.69. The number of carbonyl (C=O) groups is 2. The van der Waals surface area contributed by atoms with Gasteiger partial charge in [-0.25, -0.2) is 0 Å². The van der Waals surface area contributed by atoms with E-state index in [1.807, 2.05) is 61.5 Å².